The van der Waals surface area contributed by atoms with Gasteiger partial charge in [-0.2, -0.15) is 39.3 Å². The van der Waals surface area contributed by atoms with E-state index >= 15 is 0 Å². The van der Waals surface area contributed by atoms with Crippen LogP contribution in [0.3, 0.4) is 0 Å². The fourth-order valence-corrected chi connectivity index (χ4v) is 0. The molecule has 0 aromatic carbocycles. The summed E-state index contributed by atoms with van der Waals surface area (Å²) >= 11 is 0. The minimum atomic E-state index is -1.50. The molecule has 17 heavy (non-hydrogen) atoms. The molecule has 0 aliphatic rings. The van der Waals surface area contributed by atoms with Crippen molar-refractivity contribution in [1.82, 2.24) is 0 Å². The Hall–Kier alpha value is -0.534. The number of rotatable bonds is 3. The van der Waals surface area contributed by atoms with Crippen LogP contribution in [0, 0.1) is 10.1 Å². The molecule has 0 saturated carbocycles. The summed E-state index contributed by atoms with van der Waals surface area (Å²) in [5, 5.41) is 13.6. The van der Waals surface area contributed by atoms with Crippen molar-refractivity contribution in [2.45, 2.75) is 0 Å². The van der Waals surface area contributed by atoms with Crippen LogP contribution in [0.15, 0.2) is 0 Å². The van der Waals surface area contributed by atoms with Crippen molar-refractivity contribution in [3.63, 3.8) is 0 Å². The van der Waals surface area contributed by atoms with Gasteiger partial charge in [0.05, 0.1) is 0 Å². The third-order valence-electron chi connectivity index (χ3n) is 0.375. The molecule has 0 atom stereocenters. The van der Waals surface area contributed by atoms with Crippen LogP contribution in [-0.2, 0) is 16.8 Å². The van der Waals surface area contributed by atoms with Gasteiger partial charge in [0, 0.05) is 0 Å². The van der Waals surface area contributed by atoms with Crippen molar-refractivity contribution in [3.8, 4) is 0 Å². The Morgan fingerprint density at radius 2 is 0.824 bits per heavy atom. The monoisotopic (exact) mass is 296 g/mol. The summed E-state index contributed by atoms with van der Waals surface area (Å²) in [6.07, 6.45) is 0. The Balaban J connectivity index is -0.0000000369. The van der Waals surface area contributed by atoms with Gasteiger partial charge in [-0.3, -0.25) is 0 Å². The fraction of sp³-hybridized carbons (Fsp3) is 1.00. The van der Waals surface area contributed by atoms with E-state index in [1.165, 1.54) is 0 Å². The summed E-state index contributed by atoms with van der Waals surface area (Å²) in [6.45, 7) is 1.42. The van der Waals surface area contributed by atoms with Crippen molar-refractivity contribution in [3.05, 3.63) is 44.5 Å². The van der Waals surface area contributed by atoms with Crippen LogP contribution in [0.4, 0.5) is 0 Å². The summed E-state index contributed by atoms with van der Waals surface area (Å²) < 4.78 is 0. The maximum atomic E-state index is 8.36. The summed E-state index contributed by atoms with van der Waals surface area (Å²) in [5.41, 5.74) is 37.6. The second-order valence-corrected chi connectivity index (χ2v) is 1.74. The van der Waals surface area contributed by atoms with E-state index in [-0.39, 0.29) is 56.0 Å². The zero-order chi connectivity index (χ0) is 13.8. The van der Waals surface area contributed by atoms with Gasteiger partial charge < -0.3 is 39.6 Å². The molecule has 0 rings (SSSR count). The molecule has 0 bridgehead atoms. The topological polar surface area (TPSA) is 206 Å². The van der Waals surface area contributed by atoms with Gasteiger partial charge in [-0.25, -0.2) is 0 Å². The molecule has 0 aromatic heterocycles. The minimum Gasteiger partial charge on any atom is -0.679 e. The molecule has 7 N–H and O–H groups in total. The van der Waals surface area contributed by atoms with Crippen LogP contribution < -0.4 is 0 Å². The predicted molar refractivity (Wildman–Crippen MR) is 63.9 cm³/mol. The van der Waals surface area contributed by atoms with E-state index in [9.17, 15) is 0 Å². The van der Waals surface area contributed by atoms with Gasteiger partial charge in [0.15, 0.2) is 0 Å². The Labute approximate surface area is 111 Å². The quantitative estimate of drug-likeness (QED) is 0.615. The maximum Gasteiger partial charge on any atom is 3.00 e. The average Bonchev–Trinajstić information content (AvgIpc) is 2.28. The number of hydrogen-bond acceptors (Lipinski definition) is 2. The Morgan fingerprint density at radius 1 is 0.765 bits per heavy atom. The van der Waals surface area contributed by atoms with Crippen LogP contribution in [0.25, 0.3) is 34.4 Å². The van der Waals surface area contributed by atoms with Crippen molar-refractivity contribution >= 4 is 0 Å². The summed E-state index contributed by atoms with van der Waals surface area (Å²) in [6, 6.07) is 0. The fourth-order valence-electron chi connectivity index (χ4n) is 0. The summed E-state index contributed by atoms with van der Waals surface area (Å²) in [7, 11) is 0. The molecule has 10 nitrogen and oxygen atoms in total. The Bertz CT molecular complexity index is 92.1. The molecule has 0 amide bonds. The van der Waals surface area contributed by atoms with E-state index in [0.29, 0.717) is 0 Å². The first kappa shape index (κ1) is 30.0. The van der Waals surface area contributed by atoms with Gasteiger partial charge in [0.2, 0.25) is 0 Å². The number of nitrogens with one attached hydrogen (secondary N) is 6. The third kappa shape index (κ3) is 461. The van der Waals surface area contributed by atoms with E-state index in [1.54, 1.807) is 0 Å². The van der Waals surface area contributed by atoms with Crippen molar-refractivity contribution < 1.29 is 27.1 Å². The molecule has 108 valence electrons. The normalized spacial score (nSPS) is 6.71. The first-order chi connectivity index (χ1) is 7.47. The maximum absolute atomic E-state index is 8.36. The molecular formula is C6H19CoN7O3-3. The van der Waals surface area contributed by atoms with Crippen LogP contribution in [0.1, 0.15) is 0 Å². The minimum absolute atomic E-state index is 0. The third-order valence-corrected chi connectivity index (χ3v) is 0.375. The Kier molecular flexibility index (Phi) is 79.6. The van der Waals surface area contributed by atoms with Crippen LogP contribution in [-0.4, -0.2) is 49.6 Å². The molecule has 0 heterocycles. The Morgan fingerprint density at radius 3 is 0.824 bits per heavy atom. The largest absolute Gasteiger partial charge is 3.00 e. The van der Waals surface area contributed by atoms with Crippen LogP contribution in [0.2, 0.25) is 0 Å². The average molecular weight is 296 g/mol. The van der Waals surface area contributed by atoms with Crippen LogP contribution >= 0.6 is 0 Å². The smallest absolute Gasteiger partial charge is 0.679 e. The van der Waals surface area contributed by atoms with Gasteiger partial charge >= 0.3 is 16.8 Å². The molecule has 0 unspecified atom stereocenters. The molecule has 0 spiro atoms. The van der Waals surface area contributed by atoms with E-state index in [1.807, 2.05) is 0 Å². The molecule has 0 aliphatic carbocycles. The first-order valence-corrected chi connectivity index (χ1v) is 4.19. The number of hydrogen-bond donors (Lipinski definition) is 1. The molecule has 0 saturated heterocycles. The second-order valence-electron chi connectivity index (χ2n) is 1.74. The van der Waals surface area contributed by atoms with E-state index in [0.717, 1.165) is 0 Å². The van der Waals surface area contributed by atoms with Crippen molar-refractivity contribution in [2.24, 2.45) is 0 Å². The molecule has 0 radical (unpaired) electrons. The molecular weight excluding hydrogens is 277 g/mol. The van der Waals surface area contributed by atoms with Crippen LogP contribution in [0.5, 0.6) is 0 Å². The van der Waals surface area contributed by atoms with Gasteiger partial charge in [0.25, 0.3) is 5.09 Å². The zero-order valence-electron chi connectivity index (χ0n) is 9.29. The van der Waals surface area contributed by atoms with Gasteiger partial charge in [-0.05, 0) is 0 Å². The summed E-state index contributed by atoms with van der Waals surface area (Å²) in [4.78, 5) is 8.36. The van der Waals surface area contributed by atoms with Crippen molar-refractivity contribution in [2.75, 3.05) is 39.3 Å². The van der Waals surface area contributed by atoms with Gasteiger partial charge in [-0.15, -0.1) is 10.1 Å². The summed E-state index contributed by atoms with van der Waals surface area (Å²) in [5.74, 6) is 0. The van der Waals surface area contributed by atoms with E-state index < -0.39 is 5.09 Å². The predicted octanol–water partition coefficient (Wildman–Crippen LogP) is 2.92. The van der Waals surface area contributed by atoms with Crippen molar-refractivity contribution in [1.29, 1.82) is 0 Å². The molecule has 0 aromatic rings. The molecule has 0 fully saturated rings. The number of nitrogens with zero attached hydrogens (tertiary/aromatic N) is 1. The standard InChI is InChI=1S/3C2H6N2.Co.HNO3/c3*3-1-2-4;;2-1(3)4/h3*3-4H,1-2H2;;(H,2,3,4)/q3*-2;+3;. The first-order valence-electron chi connectivity index (χ1n) is 4.19. The SMILES string of the molecule is O=[N+]([O-])O.[Co+3].[NH-]CC[NH-].[NH-]CC[NH-].[NH-]CC[NH-]. The van der Waals surface area contributed by atoms with Gasteiger partial charge in [0.1, 0.15) is 0 Å². The van der Waals surface area contributed by atoms with E-state index in [4.69, 9.17) is 49.7 Å². The zero-order valence-corrected chi connectivity index (χ0v) is 10.3. The molecule has 0 aliphatic heterocycles. The second kappa shape index (κ2) is 45.2. The van der Waals surface area contributed by atoms with Gasteiger partial charge in [-0.1, -0.05) is 0 Å². The molecule has 11 heteroatoms. The van der Waals surface area contributed by atoms with E-state index in [2.05, 4.69) is 0 Å².